The van der Waals surface area contributed by atoms with Gasteiger partial charge in [0.15, 0.2) is 0 Å². The van der Waals surface area contributed by atoms with Crippen molar-refractivity contribution in [2.24, 2.45) is 5.92 Å². The van der Waals surface area contributed by atoms with Gasteiger partial charge in [0, 0.05) is 44.5 Å². The van der Waals surface area contributed by atoms with Crippen LogP contribution in [0.5, 0.6) is 0 Å². The van der Waals surface area contributed by atoms with Crippen molar-refractivity contribution < 1.29 is 28.2 Å². The molecule has 3 heterocycles. The smallest absolute Gasteiger partial charge is 0.248 e. The number of benzene rings is 1. The molecule has 2 aliphatic rings. The molecule has 3 atom stereocenters. The molecule has 1 unspecified atom stereocenters. The number of unbranched alkanes of at least 4 members (excludes halogenated alkanes) is 1. The predicted molar refractivity (Wildman–Crippen MR) is 173 cm³/mol. The standard InChI is InChI=1S/C31H48N6O6S.ClH/c1-7-8-15-37-29(40)26(28(39)20(2)3)32-30(41)31(37)13-16-36(17-14-31)27(25-21(4)33-34-22(25)5)23-9-11-24(12-10-23)44(42,43)35(6)18-19-38;/h9-12,20,26-28,38-39H,7-8,13-19H2,1-6H3,(H,32,41)(H,33,34);1H/t26-,27?,28-;/m1./s1. The van der Waals surface area contributed by atoms with Gasteiger partial charge >= 0.3 is 0 Å². The van der Waals surface area contributed by atoms with Gasteiger partial charge in [0.2, 0.25) is 21.8 Å². The van der Waals surface area contributed by atoms with Crippen LogP contribution < -0.4 is 5.32 Å². The maximum Gasteiger partial charge on any atom is 0.248 e. The quantitative estimate of drug-likeness (QED) is 0.268. The van der Waals surface area contributed by atoms with Gasteiger partial charge in [-0.05, 0) is 56.7 Å². The van der Waals surface area contributed by atoms with Gasteiger partial charge in [0.05, 0.1) is 29.3 Å². The van der Waals surface area contributed by atoms with Gasteiger partial charge in [-0.15, -0.1) is 12.4 Å². The van der Waals surface area contributed by atoms with E-state index in [4.69, 9.17) is 0 Å². The highest BCUT2D eigenvalue weighted by Crippen LogP contribution is 2.40. The minimum absolute atomic E-state index is 0. The first kappa shape index (κ1) is 36.9. The van der Waals surface area contributed by atoms with Gasteiger partial charge in [-0.25, -0.2) is 8.42 Å². The van der Waals surface area contributed by atoms with Crippen molar-refractivity contribution in [3.8, 4) is 0 Å². The number of likely N-dealkylation sites (N-methyl/N-ethyl adjacent to an activating group) is 1. The SMILES string of the molecule is CCCCN1C(=O)[C@@H]([C@H](O)C(C)C)NC(=O)C12CCN(C(c1ccc(S(=O)(=O)N(C)CCO)cc1)c1c(C)n[nH]c1C)CC2.Cl. The molecule has 0 aliphatic carbocycles. The van der Waals surface area contributed by atoms with Crippen LogP contribution in [0.2, 0.25) is 0 Å². The molecule has 2 aromatic rings. The molecule has 4 N–H and O–H groups in total. The number of aliphatic hydroxyl groups is 2. The minimum atomic E-state index is -3.76. The topological polar surface area (TPSA) is 159 Å². The van der Waals surface area contributed by atoms with Crippen LogP contribution in [0.4, 0.5) is 0 Å². The molecular weight excluding hydrogens is 620 g/mol. The van der Waals surface area contributed by atoms with Crippen molar-refractivity contribution in [3.05, 3.63) is 46.8 Å². The van der Waals surface area contributed by atoms with Crippen molar-refractivity contribution in [1.82, 2.24) is 29.6 Å². The zero-order valence-electron chi connectivity index (χ0n) is 27.1. The van der Waals surface area contributed by atoms with E-state index in [2.05, 4.69) is 20.4 Å². The fraction of sp³-hybridized carbons (Fsp3) is 0.645. The first-order valence-corrected chi connectivity index (χ1v) is 17.0. The number of hydrogen-bond donors (Lipinski definition) is 4. The Balaban J connectivity index is 0.00000552. The lowest BCUT2D eigenvalue weighted by Gasteiger charge is -2.53. The number of aromatic amines is 1. The lowest BCUT2D eigenvalue weighted by atomic mass is 9.79. The molecule has 1 aromatic carbocycles. The van der Waals surface area contributed by atoms with Gasteiger partial charge in [-0.3, -0.25) is 19.6 Å². The average molecular weight is 669 g/mol. The summed E-state index contributed by atoms with van der Waals surface area (Å²) in [5, 5.41) is 30.4. The lowest BCUT2D eigenvalue weighted by molar-refractivity contribution is -0.165. The summed E-state index contributed by atoms with van der Waals surface area (Å²) in [5.41, 5.74) is 2.59. The zero-order chi connectivity index (χ0) is 32.4. The molecule has 252 valence electrons. The van der Waals surface area contributed by atoms with Crippen molar-refractivity contribution in [2.45, 2.75) is 88.9 Å². The summed E-state index contributed by atoms with van der Waals surface area (Å²) in [5.74, 6) is -0.633. The monoisotopic (exact) mass is 668 g/mol. The van der Waals surface area contributed by atoms with Crippen LogP contribution in [0.3, 0.4) is 0 Å². The van der Waals surface area contributed by atoms with Crippen molar-refractivity contribution in [1.29, 1.82) is 0 Å². The highest BCUT2D eigenvalue weighted by atomic mass is 35.5. The Bertz CT molecular complexity index is 1400. The summed E-state index contributed by atoms with van der Waals surface area (Å²) in [6, 6.07) is 5.56. The predicted octanol–water partition coefficient (Wildman–Crippen LogP) is 2.13. The fourth-order valence-corrected chi connectivity index (χ4v) is 7.69. The van der Waals surface area contributed by atoms with Crippen LogP contribution >= 0.6 is 12.4 Å². The van der Waals surface area contributed by atoms with Gasteiger partial charge in [-0.1, -0.05) is 39.3 Å². The summed E-state index contributed by atoms with van der Waals surface area (Å²) in [7, 11) is -2.32. The van der Waals surface area contributed by atoms with Gasteiger partial charge in [0.25, 0.3) is 0 Å². The maximum absolute atomic E-state index is 13.8. The summed E-state index contributed by atoms with van der Waals surface area (Å²) < 4.78 is 27.1. The number of sulfonamides is 1. The molecule has 14 heteroatoms. The Morgan fingerprint density at radius 2 is 1.76 bits per heavy atom. The van der Waals surface area contributed by atoms with E-state index in [1.54, 1.807) is 17.0 Å². The Kier molecular flexibility index (Phi) is 12.2. The second-order valence-electron chi connectivity index (χ2n) is 12.5. The van der Waals surface area contributed by atoms with E-state index in [1.165, 1.54) is 7.05 Å². The van der Waals surface area contributed by atoms with E-state index in [0.29, 0.717) is 32.5 Å². The van der Waals surface area contributed by atoms with Crippen molar-refractivity contribution >= 4 is 34.2 Å². The number of nitrogens with one attached hydrogen (secondary N) is 2. The number of carbonyl (C=O) groups excluding carboxylic acids is 2. The largest absolute Gasteiger partial charge is 0.395 e. The second kappa shape index (κ2) is 14.9. The van der Waals surface area contributed by atoms with Gasteiger partial charge in [-0.2, -0.15) is 9.40 Å². The molecule has 1 spiro atoms. The molecule has 12 nitrogen and oxygen atoms in total. The molecular formula is C31H49ClN6O6S. The summed E-state index contributed by atoms with van der Waals surface area (Å²) in [6.07, 6.45) is 1.49. The third-order valence-corrected chi connectivity index (χ3v) is 11.2. The molecule has 2 fully saturated rings. The highest BCUT2D eigenvalue weighted by Gasteiger charge is 2.55. The zero-order valence-corrected chi connectivity index (χ0v) is 28.7. The Morgan fingerprint density at radius 1 is 1.13 bits per heavy atom. The van der Waals surface area contributed by atoms with Crippen LogP contribution in [0.25, 0.3) is 0 Å². The number of piperidine rings is 1. The number of nitrogens with zero attached hydrogens (tertiary/aromatic N) is 4. The van der Waals surface area contributed by atoms with Gasteiger partial charge in [0.1, 0.15) is 11.6 Å². The Labute approximate surface area is 273 Å². The maximum atomic E-state index is 13.8. The number of aryl methyl sites for hydroxylation is 2. The number of amides is 2. The minimum Gasteiger partial charge on any atom is -0.395 e. The number of hydrogen-bond acceptors (Lipinski definition) is 8. The first-order valence-electron chi connectivity index (χ1n) is 15.5. The van der Waals surface area contributed by atoms with Gasteiger partial charge < -0.3 is 20.4 Å². The number of aliphatic hydroxyl groups excluding tert-OH is 2. The molecule has 2 amide bonds. The highest BCUT2D eigenvalue weighted by molar-refractivity contribution is 7.89. The Morgan fingerprint density at radius 3 is 2.27 bits per heavy atom. The lowest BCUT2D eigenvalue weighted by Crippen LogP contribution is -2.75. The molecule has 0 bridgehead atoms. The number of H-pyrrole nitrogens is 1. The van der Waals surface area contributed by atoms with Crippen LogP contribution in [0.15, 0.2) is 29.2 Å². The fourth-order valence-electron chi connectivity index (χ4n) is 6.53. The van der Waals surface area contributed by atoms with E-state index < -0.39 is 27.7 Å². The van der Waals surface area contributed by atoms with E-state index in [1.807, 2.05) is 46.8 Å². The second-order valence-corrected chi connectivity index (χ2v) is 14.5. The Hall–Kier alpha value is -2.55. The number of halogens is 1. The summed E-state index contributed by atoms with van der Waals surface area (Å²) in [4.78, 5) is 31.7. The first-order chi connectivity index (χ1) is 20.8. The normalized spacial score (nSPS) is 20.4. The molecule has 4 rings (SSSR count). The molecule has 2 aliphatic heterocycles. The average Bonchev–Trinajstić information content (AvgIpc) is 3.33. The van der Waals surface area contributed by atoms with E-state index >= 15 is 0 Å². The van der Waals surface area contributed by atoms with Crippen LogP contribution in [-0.4, -0.2) is 112 Å². The summed E-state index contributed by atoms with van der Waals surface area (Å²) in [6.45, 7) is 10.8. The van der Waals surface area contributed by atoms with Crippen LogP contribution in [-0.2, 0) is 19.6 Å². The molecule has 1 aromatic heterocycles. The third-order valence-electron chi connectivity index (χ3n) is 9.29. The molecule has 0 radical (unpaired) electrons. The van der Waals surface area contributed by atoms with Crippen LogP contribution in [0.1, 0.15) is 75.0 Å². The van der Waals surface area contributed by atoms with E-state index in [0.717, 1.165) is 39.7 Å². The number of aromatic nitrogens is 2. The molecule has 45 heavy (non-hydrogen) atoms. The third kappa shape index (κ3) is 7.08. The van der Waals surface area contributed by atoms with Crippen molar-refractivity contribution in [2.75, 3.05) is 39.8 Å². The number of likely N-dealkylation sites (tertiary alicyclic amines) is 1. The summed E-state index contributed by atoms with van der Waals surface area (Å²) >= 11 is 0. The number of rotatable bonds is 12. The van der Waals surface area contributed by atoms with E-state index in [9.17, 15) is 28.2 Å². The molecule has 2 saturated heterocycles. The molecule has 0 saturated carbocycles. The number of carbonyl (C=O) groups is 2. The van der Waals surface area contributed by atoms with E-state index in [-0.39, 0.29) is 54.2 Å². The van der Waals surface area contributed by atoms with Crippen LogP contribution in [0, 0.1) is 19.8 Å². The number of piperazine rings is 1. The van der Waals surface area contributed by atoms with Crippen molar-refractivity contribution in [3.63, 3.8) is 0 Å².